The molecule has 2 heterocycles. The Kier molecular flexibility index (Phi) is 5.07. The minimum atomic E-state index is -1.38. The zero-order valence-electron chi connectivity index (χ0n) is 12.2. The number of hydrogen-bond acceptors (Lipinski definition) is 6. The normalized spacial score (nSPS) is 11.9. The molecule has 0 spiro atoms. The highest BCUT2D eigenvalue weighted by molar-refractivity contribution is 7.13. The number of hydrogen-bond donors (Lipinski definition) is 1. The third kappa shape index (κ3) is 3.59. The van der Waals surface area contributed by atoms with E-state index in [2.05, 4.69) is 10.3 Å². The van der Waals surface area contributed by atoms with Gasteiger partial charge in [-0.05, 0) is 12.0 Å². The summed E-state index contributed by atoms with van der Waals surface area (Å²) in [5, 5.41) is 13.9. The second-order valence-corrected chi connectivity index (χ2v) is 5.97. The number of Topliss-reactive ketones (excluding diaryl/α,β-unsaturated/α-hetero) is 1. The van der Waals surface area contributed by atoms with Crippen LogP contribution in [-0.4, -0.2) is 23.2 Å². The summed E-state index contributed by atoms with van der Waals surface area (Å²) < 4.78 is 4.97. The molecule has 1 atom stereocenters. The number of aromatic nitrogens is 1. The van der Waals surface area contributed by atoms with E-state index in [0.29, 0.717) is 11.6 Å². The molecule has 0 aliphatic heterocycles. The number of rotatable bonds is 6. The van der Waals surface area contributed by atoms with Gasteiger partial charge in [-0.1, -0.05) is 13.8 Å². The van der Waals surface area contributed by atoms with Gasteiger partial charge in [0.15, 0.2) is 5.92 Å². The summed E-state index contributed by atoms with van der Waals surface area (Å²) in [4.78, 5) is 28.4. The van der Waals surface area contributed by atoms with Crippen molar-refractivity contribution >= 4 is 23.0 Å². The number of furan rings is 1. The van der Waals surface area contributed by atoms with Crippen LogP contribution in [0.15, 0.2) is 28.4 Å². The van der Waals surface area contributed by atoms with E-state index in [9.17, 15) is 9.59 Å². The standard InChI is InChI=1S/C15H15N3O3S/c1-9(2)6-17-14(20)11(5-16)13(19)12-8-22-15(18-12)10-3-4-21-7-10/h3-4,7-9,11H,6H2,1-2H3,(H,17,20)/t11-/m0/s1. The number of nitrogens with zero attached hydrogens (tertiary/aromatic N) is 2. The lowest BCUT2D eigenvalue weighted by atomic mass is 10.0. The fourth-order valence-corrected chi connectivity index (χ4v) is 2.49. The van der Waals surface area contributed by atoms with Crippen molar-refractivity contribution in [3.63, 3.8) is 0 Å². The summed E-state index contributed by atoms with van der Waals surface area (Å²) in [6.45, 7) is 4.28. The lowest BCUT2D eigenvalue weighted by Crippen LogP contribution is -2.36. The van der Waals surface area contributed by atoms with Crippen LogP contribution in [0.5, 0.6) is 0 Å². The predicted octanol–water partition coefficient (Wildman–Crippen LogP) is 2.50. The molecular weight excluding hydrogens is 302 g/mol. The molecule has 2 aromatic rings. The zero-order chi connectivity index (χ0) is 16.1. The zero-order valence-corrected chi connectivity index (χ0v) is 13.0. The van der Waals surface area contributed by atoms with Crippen LogP contribution in [0.3, 0.4) is 0 Å². The van der Waals surface area contributed by atoms with Gasteiger partial charge in [-0.15, -0.1) is 11.3 Å². The fraction of sp³-hybridized carbons (Fsp3) is 0.333. The van der Waals surface area contributed by atoms with Crippen molar-refractivity contribution in [3.8, 4) is 16.6 Å². The SMILES string of the molecule is CC(C)CNC(=O)[C@@H](C#N)C(=O)c1csc(-c2ccoc2)n1. The molecule has 0 unspecified atom stereocenters. The van der Waals surface area contributed by atoms with E-state index in [-0.39, 0.29) is 11.6 Å². The first-order valence-corrected chi connectivity index (χ1v) is 7.60. The Labute approximate surface area is 131 Å². The third-order valence-corrected chi connectivity index (χ3v) is 3.75. The smallest absolute Gasteiger partial charge is 0.245 e. The Hall–Kier alpha value is -2.46. The second-order valence-electron chi connectivity index (χ2n) is 5.12. The quantitative estimate of drug-likeness (QED) is 0.652. The Bertz CT molecular complexity index is 698. The van der Waals surface area contributed by atoms with Crippen molar-refractivity contribution in [1.82, 2.24) is 10.3 Å². The monoisotopic (exact) mass is 317 g/mol. The molecule has 6 nitrogen and oxygen atoms in total. The largest absolute Gasteiger partial charge is 0.472 e. The van der Waals surface area contributed by atoms with Gasteiger partial charge in [0.1, 0.15) is 17.0 Å². The lowest BCUT2D eigenvalue weighted by Gasteiger charge is -2.10. The van der Waals surface area contributed by atoms with Gasteiger partial charge in [-0.3, -0.25) is 9.59 Å². The van der Waals surface area contributed by atoms with Gasteiger partial charge >= 0.3 is 0 Å². The average Bonchev–Trinajstić information content (AvgIpc) is 3.16. The van der Waals surface area contributed by atoms with Crippen LogP contribution in [0, 0.1) is 23.2 Å². The third-order valence-electron chi connectivity index (χ3n) is 2.86. The fourth-order valence-electron chi connectivity index (χ4n) is 1.70. The lowest BCUT2D eigenvalue weighted by molar-refractivity contribution is -0.122. The molecule has 22 heavy (non-hydrogen) atoms. The second kappa shape index (κ2) is 7.00. The van der Waals surface area contributed by atoms with Gasteiger partial charge in [0.05, 0.1) is 12.3 Å². The summed E-state index contributed by atoms with van der Waals surface area (Å²) in [6, 6.07) is 3.48. The number of amides is 1. The van der Waals surface area contributed by atoms with E-state index in [1.165, 1.54) is 23.9 Å². The van der Waals surface area contributed by atoms with Crippen LogP contribution in [0.1, 0.15) is 24.3 Å². The number of ketones is 1. The summed E-state index contributed by atoms with van der Waals surface area (Å²) in [5.41, 5.74) is 0.870. The van der Waals surface area contributed by atoms with E-state index in [1.807, 2.05) is 13.8 Å². The molecule has 0 aromatic carbocycles. The number of thiazole rings is 1. The molecule has 0 bridgehead atoms. The molecule has 0 aliphatic carbocycles. The molecule has 2 rings (SSSR count). The molecule has 1 N–H and O–H groups in total. The summed E-state index contributed by atoms with van der Waals surface area (Å²) in [6.07, 6.45) is 3.03. The van der Waals surface area contributed by atoms with Gasteiger partial charge in [0.25, 0.3) is 0 Å². The van der Waals surface area contributed by atoms with E-state index < -0.39 is 17.6 Å². The molecule has 0 aliphatic rings. The van der Waals surface area contributed by atoms with Crippen LogP contribution in [0.2, 0.25) is 0 Å². The van der Waals surface area contributed by atoms with Crippen molar-refractivity contribution in [3.05, 3.63) is 29.7 Å². The molecule has 0 saturated heterocycles. The van der Waals surface area contributed by atoms with E-state index in [1.54, 1.807) is 17.5 Å². The van der Waals surface area contributed by atoms with Gasteiger partial charge in [0, 0.05) is 17.5 Å². The summed E-state index contributed by atoms with van der Waals surface area (Å²) in [7, 11) is 0. The molecule has 2 aromatic heterocycles. The maximum Gasteiger partial charge on any atom is 0.245 e. The maximum atomic E-state index is 12.3. The van der Waals surface area contributed by atoms with Crippen molar-refractivity contribution in [2.75, 3.05) is 6.54 Å². The van der Waals surface area contributed by atoms with Crippen LogP contribution < -0.4 is 5.32 Å². The summed E-state index contributed by atoms with van der Waals surface area (Å²) >= 11 is 1.26. The summed E-state index contributed by atoms with van der Waals surface area (Å²) in [5.74, 6) is -2.31. The number of nitrogens with one attached hydrogen (secondary N) is 1. The first kappa shape index (κ1) is 15.9. The minimum absolute atomic E-state index is 0.118. The van der Waals surface area contributed by atoms with E-state index >= 15 is 0 Å². The van der Waals surface area contributed by atoms with Gasteiger partial charge in [-0.25, -0.2) is 4.98 Å². The number of carbonyl (C=O) groups is 2. The van der Waals surface area contributed by atoms with Crippen molar-refractivity contribution in [2.24, 2.45) is 11.8 Å². The molecule has 0 radical (unpaired) electrons. The Balaban J connectivity index is 2.12. The van der Waals surface area contributed by atoms with Crippen LogP contribution in [-0.2, 0) is 4.79 Å². The molecular formula is C15H15N3O3S. The van der Waals surface area contributed by atoms with Gasteiger partial charge in [0.2, 0.25) is 11.7 Å². The highest BCUT2D eigenvalue weighted by atomic mass is 32.1. The van der Waals surface area contributed by atoms with Gasteiger partial charge < -0.3 is 9.73 Å². The number of carbonyl (C=O) groups excluding carboxylic acids is 2. The Morgan fingerprint density at radius 3 is 2.86 bits per heavy atom. The number of nitriles is 1. The Morgan fingerprint density at radius 1 is 1.50 bits per heavy atom. The van der Waals surface area contributed by atoms with Crippen LogP contribution >= 0.6 is 11.3 Å². The van der Waals surface area contributed by atoms with Gasteiger partial charge in [-0.2, -0.15) is 5.26 Å². The predicted molar refractivity (Wildman–Crippen MR) is 81.1 cm³/mol. The molecule has 1 amide bonds. The molecule has 7 heteroatoms. The highest BCUT2D eigenvalue weighted by Crippen LogP contribution is 2.25. The van der Waals surface area contributed by atoms with Crippen LogP contribution in [0.25, 0.3) is 10.6 Å². The van der Waals surface area contributed by atoms with Crippen molar-refractivity contribution in [2.45, 2.75) is 13.8 Å². The average molecular weight is 317 g/mol. The minimum Gasteiger partial charge on any atom is -0.472 e. The molecule has 114 valence electrons. The highest BCUT2D eigenvalue weighted by Gasteiger charge is 2.29. The molecule has 0 saturated carbocycles. The first-order valence-electron chi connectivity index (χ1n) is 6.72. The van der Waals surface area contributed by atoms with Crippen molar-refractivity contribution < 1.29 is 14.0 Å². The van der Waals surface area contributed by atoms with Crippen molar-refractivity contribution in [1.29, 1.82) is 5.26 Å². The topological polar surface area (TPSA) is 96.0 Å². The Morgan fingerprint density at radius 2 is 2.27 bits per heavy atom. The van der Waals surface area contributed by atoms with E-state index in [4.69, 9.17) is 9.68 Å². The molecule has 0 fully saturated rings. The van der Waals surface area contributed by atoms with E-state index in [0.717, 1.165) is 5.56 Å². The maximum absolute atomic E-state index is 12.3. The van der Waals surface area contributed by atoms with Crippen LogP contribution in [0.4, 0.5) is 0 Å². The first-order chi connectivity index (χ1) is 10.5.